The minimum absolute atomic E-state index is 0. The molecule has 1 saturated heterocycles. The average Bonchev–Trinajstić information content (AvgIpc) is 3.40. The quantitative estimate of drug-likeness (QED) is 0.645. The van der Waals surface area contributed by atoms with Gasteiger partial charge in [0.1, 0.15) is 0 Å². The lowest BCUT2D eigenvalue weighted by Crippen LogP contribution is -2.26. The van der Waals surface area contributed by atoms with Crippen LogP contribution >= 0.6 is 12.4 Å². The first-order chi connectivity index (χ1) is 15.0. The molecule has 2 aromatic carbocycles. The van der Waals surface area contributed by atoms with Crippen LogP contribution in [0.4, 0.5) is 0 Å². The van der Waals surface area contributed by atoms with Gasteiger partial charge in [0.25, 0.3) is 0 Å². The number of sulfone groups is 1. The van der Waals surface area contributed by atoms with Gasteiger partial charge in [0.2, 0.25) is 0 Å². The largest absolute Gasteiger partial charge is 0.361 e. The van der Waals surface area contributed by atoms with Crippen LogP contribution in [0.3, 0.4) is 0 Å². The predicted octanol–water partition coefficient (Wildman–Crippen LogP) is 4.24. The van der Waals surface area contributed by atoms with Crippen LogP contribution in [-0.2, 0) is 22.6 Å². The van der Waals surface area contributed by atoms with Gasteiger partial charge in [-0.05, 0) is 74.5 Å². The normalized spacial score (nSPS) is 21.3. The molecule has 0 spiro atoms. The highest BCUT2D eigenvalue weighted by atomic mass is 35.5. The van der Waals surface area contributed by atoms with Crippen molar-refractivity contribution in [1.29, 1.82) is 0 Å². The van der Waals surface area contributed by atoms with E-state index in [-0.39, 0.29) is 23.1 Å². The molecule has 150 valence electrons. The van der Waals surface area contributed by atoms with Gasteiger partial charge in [-0.3, -0.25) is 0 Å². The van der Waals surface area contributed by atoms with Crippen molar-refractivity contribution in [2.45, 2.75) is 36.6 Å². The lowest BCUT2D eigenvalue weighted by molar-refractivity contribution is 0.310. The van der Waals surface area contributed by atoms with Gasteiger partial charge in [-0.2, -0.15) is 0 Å². The fourth-order valence-electron chi connectivity index (χ4n) is 3.54. The lowest BCUT2D eigenvalue weighted by Gasteiger charge is -2.18. The number of H-pyrrole nitrogens is 1. The summed E-state index contributed by atoms with van der Waals surface area (Å²) in [5.74, 6) is -0.0510. The molecule has 1 aromatic heterocycles. The van der Waals surface area contributed by atoms with E-state index in [0.29, 0.717) is 36.8 Å². The second kappa shape index (κ2) is 8.68. The zero-order valence-electron chi connectivity index (χ0n) is 20.4. The standard InChI is InChI=1S/C22H26N2O2S.ClH/c1-24-12-5-6-19(24)15-18-16-23-22-10-9-17(14-21(18)22)11-13-27(25,26)20-7-3-2-4-8-20;/h2-4,7-10,14,16,19,23H,5-6,11-13,15H2,1H3;1H/t19-;/m1./s1/i1D3,15D2;. The first kappa shape index (κ1) is 15.1. The maximum Gasteiger partial charge on any atom is 0.178 e. The third kappa shape index (κ3) is 4.43. The van der Waals surface area contributed by atoms with E-state index in [1.165, 1.54) is 4.90 Å². The van der Waals surface area contributed by atoms with Gasteiger partial charge in [0.05, 0.1) is 10.6 Å². The molecular formula is C22H27ClN2O2S. The second-order valence-corrected chi connectivity index (χ2v) is 9.07. The van der Waals surface area contributed by atoms with Crippen LogP contribution in [0.15, 0.2) is 59.6 Å². The molecule has 1 fully saturated rings. The van der Waals surface area contributed by atoms with E-state index in [1.54, 1.807) is 36.5 Å². The number of aromatic nitrogens is 1. The Hall–Kier alpha value is -1.82. The molecule has 4 nitrogen and oxygen atoms in total. The molecule has 28 heavy (non-hydrogen) atoms. The fraction of sp³-hybridized carbons (Fsp3) is 0.364. The van der Waals surface area contributed by atoms with Gasteiger partial charge >= 0.3 is 0 Å². The molecular weight excluding hydrogens is 392 g/mol. The Balaban J connectivity index is 0.00000306. The zero-order chi connectivity index (χ0) is 23.1. The molecule has 0 radical (unpaired) electrons. The molecule has 0 aliphatic carbocycles. The summed E-state index contributed by atoms with van der Waals surface area (Å²) in [6.45, 7) is -2.01. The maximum atomic E-state index is 12.6. The van der Waals surface area contributed by atoms with E-state index in [0.717, 1.165) is 11.1 Å². The Labute approximate surface area is 180 Å². The van der Waals surface area contributed by atoms with Crippen LogP contribution in [0.1, 0.15) is 30.8 Å². The highest BCUT2D eigenvalue weighted by molar-refractivity contribution is 7.91. The molecule has 0 bridgehead atoms. The Bertz CT molecular complexity index is 1210. The summed E-state index contributed by atoms with van der Waals surface area (Å²) in [7, 11) is -3.42. The minimum Gasteiger partial charge on any atom is -0.361 e. The molecule has 1 N–H and O–H groups in total. The number of likely N-dealkylation sites (tertiary alicyclic amines) is 1. The summed E-state index contributed by atoms with van der Waals surface area (Å²) >= 11 is 0. The van der Waals surface area contributed by atoms with Crippen molar-refractivity contribution in [1.82, 2.24) is 9.88 Å². The summed E-state index contributed by atoms with van der Waals surface area (Å²) in [6, 6.07) is 13.0. The van der Waals surface area contributed by atoms with Crippen molar-refractivity contribution < 1.29 is 15.3 Å². The van der Waals surface area contributed by atoms with Crippen LogP contribution in [0.2, 0.25) is 0 Å². The average molecular weight is 424 g/mol. The third-order valence-corrected chi connectivity index (χ3v) is 6.81. The number of hydrogen-bond donors (Lipinski definition) is 1. The number of rotatable bonds is 6. The number of benzene rings is 2. The van der Waals surface area contributed by atoms with Crippen LogP contribution in [-0.4, -0.2) is 43.6 Å². The highest BCUT2D eigenvalue weighted by Gasteiger charge is 2.22. The minimum atomic E-state index is -3.42. The number of nitrogens with zero attached hydrogens (tertiary/aromatic N) is 1. The molecule has 1 aliphatic heterocycles. The van der Waals surface area contributed by atoms with E-state index in [4.69, 9.17) is 6.85 Å². The van der Waals surface area contributed by atoms with Gasteiger partial charge in [0, 0.05) is 30.0 Å². The van der Waals surface area contributed by atoms with Crippen molar-refractivity contribution >= 4 is 33.1 Å². The maximum absolute atomic E-state index is 12.6. The zero-order valence-corrected chi connectivity index (χ0v) is 17.0. The van der Waals surface area contributed by atoms with E-state index in [9.17, 15) is 8.42 Å². The number of aromatic amines is 1. The second-order valence-electron chi connectivity index (χ2n) is 6.96. The van der Waals surface area contributed by atoms with Gasteiger partial charge in [0.15, 0.2) is 9.84 Å². The monoisotopic (exact) mass is 423 g/mol. The van der Waals surface area contributed by atoms with Crippen molar-refractivity contribution in [3.05, 3.63) is 65.9 Å². The Morgan fingerprint density at radius 3 is 2.86 bits per heavy atom. The topological polar surface area (TPSA) is 53.2 Å². The first-order valence-corrected chi connectivity index (χ1v) is 10.8. The van der Waals surface area contributed by atoms with Gasteiger partial charge in [-0.25, -0.2) is 8.42 Å². The molecule has 0 saturated carbocycles. The SMILES string of the molecule is Cl.[2H]C([2H])(c1c[nH]c2ccc(CCS(=O)(=O)c3ccccc3)cc12)[C@H]1CCCN1C([2H])([2H])[2H]. The van der Waals surface area contributed by atoms with E-state index >= 15 is 0 Å². The molecule has 2 heterocycles. The van der Waals surface area contributed by atoms with Crippen LogP contribution in [0.5, 0.6) is 0 Å². The fourth-order valence-corrected chi connectivity index (χ4v) is 4.85. The molecule has 6 heteroatoms. The molecule has 0 amide bonds. The number of nitrogens with one attached hydrogen (secondary N) is 1. The number of aryl methyl sites for hydroxylation is 1. The summed E-state index contributed by atoms with van der Waals surface area (Å²) in [4.78, 5) is 4.64. The summed E-state index contributed by atoms with van der Waals surface area (Å²) in [5.41, 5.74) is 1.92. The van der Waals surface area contributed by atoms with Gasteiger partial charge in [-0.15, -0.1) is 12.4 Å². The van der Waals surface area contributed by atoms with Crippen LogP contribution in [0.25, 0.3) is 10.9 Å². The van der Waals surface area contributed by atoms with Crippen molar-refractivity contribution in [2.24, 2.45) is 0 Å². The molecule has 1 atom stereocenters. The van der Waals surface area contributed by atoms with Gasteiger partial charge in [-0.1, -0.05) is 24.3 Å². The summed E-state index contributed by atoms with van der Waals surface area (Å²) in [5, 5.41) is 0.655. The Kier molecular flexibility index (Phi) is 4.67. The van der Waals surface area contributed by atoms with E-state index in [2.05, 4.69) is 4.98 Å². The summed E-state index contributed by atoms with van der Waals surface area (Å²) in [6.07, 6.45) is 1.12. The van der Waals surface area contributed by atoms with Crippen molar-refractivity contribution in [3.8, 4) is 0 Å². The third-order valence-electron chi connectivity index (χ3n) is 5.08. The highest BCUT2D eigenvalue weighted by Crippen LogP contribution is 2.26. The van der Waals surface area contributed by atoms with Crippen molar-refractivity contribution in [2.75, 3.05) is 19.3 Å². The Morgan fingerprint density at radius 2 is 2.07 bits per heavy atom. The molecule has 1 aliphatic rings. The number of halogens is 1. The molecule has 4 rings (SSSR count). The number of likely N-dealkylation sites (N-methyl/N-ethyl adjacent to an activating group) is 1. The Morgan fingerprint density at radius 1 is 1.25 bits per heavy atom. The smallest absolute Gasteiger partial charge is 0.178 e. The lowest BCUT2D eigenvalue weighted by atomic mass is 10.0. The molecule has 0 unspecified atom stereocenters. The molecule has 3 aromatic rings. The summed E-state index contributed by atoms with van der Waals surface area (Å²) < 4.78 is 66.2. The first-order valence-electron chi connectivity index (χ1n) is 11.7. The van der Waals surface area contributed by atoms with Crippen LogP contribution in [0, 0.1) is 0 Å². The van der Waals surface area contributed by atoms with Gasteiger partial charge < -0.3 is 9.88 Å². The predicted molar refractivity (Wildman–Crippen MR) is 117 cm³/mol. The number of hydrogen-bond acceptors (Lipinski definition) is 3. The number of fused-ring (bicyclic) bond motifs is 1. The van der Waals surface area contributed by atoms with E-state index < -0.39 is 29.2 Å². The van der Waals surface area contributed by atoms with Crippen LogP contribution < -0.4 is 0 Å². The van der Waals surface area contributed by atoms with Crippen molar-refractivity contribution in [3.63, 3.8) is 0 Å². The van der Waals surface area contributed by atoms with E-state index in [1.807, 2.05) is 18.2 Å².